The largest absolute Gasteiger partial charge is 0.477 e. The van der Waals surface area contributed by atoms with E-state index >= 15 is 0 Å². The second-order valence-electron chi connectivity index (χ2n) is 4.92. The van der Waals surface area contributed by atoms with Crippen LogP contribution in [0.4, 0.5) is 4.39 Å². The van der Waals surface area contributed by atoms with Gasteiger partial charge in [0.05, 0.1) is 5.52 Å². The molecule has 0 bridgehead atoms. The molecular formula is C14H12FNO3. The fourth-order valence-electron chi connectivity index (χ4n) is 2.73. The zero-order chi connectivity index (χ0) is 14.4. The van der Waals surface area contributed by atoms with Gasteiger partial charge in [0, 0.05) is 17.6 Å². The van der Waals surface area contributed by atoms with Crippen molar-refractivity contribution in [1.29, 1.82) is 1.43 Å². The van der Waals surface area contributed by atoms with Crippen LogP contribution < -0.4 is 5.43 Å². The Balaban J connectivity index is 2.47. The fraction of sp³-hybridized carbons (Fsp3) is 0.286. The molecule has 3 rings (SSSR count). The molecule has 0 fully saturated rings. The highest BCUT2D eigenvalue weighted by molar-refractivity contribution is 5.93. The zero-order valence-corrected chi connectivity index (χ0v) is 10.3. The monoisotopic (exact) mass is 262 g/mol. The van der Waals surface area contributed by atoms with Crippen molar-refractivity contribution in [1.82, 2.24) is 4.57 Å². The first-order valence-electron chi connectivity index (χ1n) is 6.48. The van der Waals surface area contributed by atoms with Crippen molar-refractivity contribution in [3.8, 4) is 0 Å². The summed E-state index contributed by atoms with van der Waals surface area (Å²) in [5, 5.41) is 4.04. The molecule has 0 aliphatic carbocycles. The number of carbonyl (C=O) groups is 1. The molecule has 0 amide bonds. The predicted molar refractivity (Wildman–Crippen MR) is 68.2 cm³/mol. The van der Waals surface area contributed by atoms with E-state index in [4.69, 9.17) is 1.43 Å². The summed E-state index contributed by atoms with van der Waals surface area (Å²) in [5.41, 5.74) is 0.596. The summed E-state index contributed by atoms with van der Waals surface area (Å²) in [6, 6.07) is 2.65. The third kappa shape index (κ3) is 1.65. The molecule has 5 heteroatoms. The molecule has 0 spiro atoms. The first kappa shape index (κ1) is 10.7. The first-order valence-corrected chi connectivity index (χ1v) is 6.07. The molecular weight excluding hydrogens is 249 g/mol. The highest BCUT2D eigenvalue weighted by atomic mass is 19.1. The number of pyridine rings is 1. The Hall–Kier alpha value is -2.17. The number of aryl methyl sites for hydroxylation is 1. The Labute approximate surface area is 109 Å². The van der Waals surface area contributed by atoms with Crippen molar-refractivity contribution in [3.05, 3.63) is 45.5 Å². The van der Waals surface area contributed by atoms with Crippen LogP contribution in [0.3, 0.4) is 0 Å². The summed E-state index contributed by atoms with van der Waals surface area (Å²) in [5.74, 6) is -1.52. The van der Waals surface area contributed by atoms with Crippen molar-refractivity contribution in [2.45, 2.75) is 25.8 Å². The number of hydrogen-bond donors (Lipinski definition) is 1. The number of hydrogen-bond acceptors (Lipinski definition) is 3. The Bertz CT molecular complexity index is 784. The van der Waals surface area contributed by atoms with Crippen molar-refractivity contribution >= 4 is 16.9 Å². The molecule has 1 unspecified atom stereocenters. The van der Waals surface area contributed by atoms with Gasteiger partial charge in [-0.25, -0.2) is 9.18 Å². The molecule has 2 aromatic rings. The van der Waals surface area contributed by atoms with Gasteiger partial charge in [0.15, 0.2) is 0 Å². The highest BCUT2D eigenvalue weighted by Crippen LogP contribution is 2.30. The molecule has 1 aliphatic heterocycles. The number of halogens is 1. The van der Waals surface area contributed by atoms with Crippen LogP contribution in [0.1, 0.15) is 35.3 Å². The van der Waals surface area contributed by atoms with Crippen molar-refractivity contribution in [2.75, 3.05) is 0 Å². The second-order valence-corrected chi connectivity index (χ2v) is 4.92. The number of rotatable bonds is 1. The molecule has 2 heterocycles. The van der Waals surface area contributed by atoms with Gasteiger partial charge in [0.2, 0.25) is 5.43 Å². The number of aromatic nitrogens is 1. The summed E-state index contributed by atoms with van der Waals surface area (Å²) in [6.45, 7) is 1.96. The fourth-order valence-corrected chi connectivity index (χ4v) is 2.73. The lowest BCUT2D eigenvalue weighted by Gasteiger charge is -2.26. The lowest BCUT2D eigenvalue weighted by atomic mass is 9.96. The van der Waals surface area contributed by atoms with E-state index < -0.39 is 17.2 Å². The van der Waals surface area contributed by atoms with Crippen LogP contribution in [-0.2, 0) is 6.42 Å². The summed E-state index contributed by atoms with van der Waals surface area (Å²) < 4.78 is 22.1. The average Bonchev–Trinajstić information content (AvgIpc) is 2.44. The average molecular weight is 262 g/mol. The lowest BCUT2D eigenvalue weighted by molar-refractivity contribution is 0.0694. The molecule has 98 valence electrons. The van der Waals surface area contributed by atoms with E-state index in [1.165, 1.54) is 12.3 Å². The van der Waals surface area contributed by atoms with E-state index in [0.29, 0.717) is 11.9 Å². The van der Waals surface area contributed by atoms with E-state index in [-0.39, 0.29) is 17.0 Å². The summed E-state index contributed by atoms with van der Waals surface area (Å²) in [6.07, 6.45) is 2.90. The standard InChI is InChI=1S/C14H12FNO3/c1-7-2-3-8-4-9(15)5-10-12(8)16(7)6-11(13(10)17)14(18)19/h4-7H,2-3H2,1H3,(H,18,19)/i/hD. The normalized spacial score (nSPS) is 18.2. The first-order chi connectivity index (χ1) is 9.52. The minimum absolute atomic E-state index is 0.0911. The summed E-state index contributed by atoms with van der Waals surface area (Å²) in [7, 11) is 0. The molecule has 4 nitrogen and oxygen atoms in total. The van der Waals surface area contributed by atoms with E-state index in [9.17, 15) is 14.0 Å². The molecule has 1 N–H and O–H groups in total. The maximum atomic E-state index is 13.6. The zero-order valence-electron chi connectivity index (χ0n) is 11.3. The Morgan fingerprint density at radius 3 is 3.11 bits per heavy atom. The number of nitrogens with zero attached hydrogens (tertiary/aromatic N) is 1. The van der Waals surface area contributed by atoms with Gasteiger partial charge in [0.1, 0.15) is 11.4 Å². The van der Waals surface area contributed by atoms with Gasteiger partial charge in [-0.05, 0) is 37.5 Å². The van der Waals surface area contributed by atoms with E-state index in [0.717, 1.165) is 18.1 Å². The Morgan fingerprint density at radius 2 is 2.37 bits per heavy atom. The number of carboxylic acid groups (broad SMARTS) is 1. The van der Waals surface area contributed by atoms with Crippen LogP contribution in [0.25, 0.3) is 12.3 Å². The van der Waals surface area contributed by atoms with Gasteiger partial charge in [-0.2, -0.15) is 0 Å². The molecule has 0 radical (unpaired) electrons. The predicted octanol–water partition coefficient (Wildman–Crippen LogP) is 2.35. The molecule has 0 saturated heterocycles. The van der Waals surface area contributed by atoms with Gasteiger partial charge in [-0.3, -0.25) is 4.79 Å². The molecule has 1 aromatic carbocycles. The quantitative estimate of drug-likeness (QED) is 0.858. The van der Waals surface area contributed by atoms with Crippen LogP contribution in [0, 0.1) is 5.82 Å². The molecule has 1 aliphatic rings. The number of carboxylic acids is 1. The highest BCUT2D eigenvalue weighted by Gasteiger charge is 2.23. The lowest BCUT2D eigenvalue weighted by Crippen LogP contribution is -2.24. The van der Waals surface area contributed by atoms with Crippen LogP contribution in [0.2, 0.25) is 0 Å². The SMILES string of the molecule is [2H]OC(=O)c1cn2c3c(cc(F)cc3c1=O)CCC2C. The van der Waals surface area contributed by atoms with E-state index in [1.807, 2.05) is 6.92 Å². The second kappa shape index (κ2) is 3.91. The number of benzene rings is 1. The van der Waals surface area contributed by atoms with Gasteiger partial charge in [0.25, 0.3) is 1.43 Å². The minimum Gasteiger partial charge on any atom is -0.477 e. The summed E-state index contributed by atoms with van der Waals surface area (Å²) in [4.78, 5) is 23.8. The third-order valence-corrected chi connectivity index (χ3v) is 3.70. The smallest absolute Gasteiger partial charge is 0.341 e. The third-order valence-electron chi connectivity index (χ3n) is 3.70. The minimum atomic E-state index is -1.02. The van der Waals surface area contributed by atoms with Gasteiger partial charge < -0.3 is 9.68 Å². The summed E-state index contributed by atoms with van der Waals surface area (Å²) >= 11 is 0. The van der Waals surface area contributed by atoms with Crippen molar-refractivity contribution in [3.63, 3.8) is 0 Å². The van der Waals surface area contributed by atoms with Crippen molar-refractivity contribution in [2.24, 2.45) is 0 Å². The van der Waals surface area contributed by atoms with E-state index in [1.54, 1.807) is 4.57 Å². The van der Waals surface area contributed by atoms with Crippen LogP contribution >= 0.6 is 0 Å². The Morgan fingerprint density at radius 1 is 1.58 bits per heavy atom. The van der Waals surface area contributed by atoms with Gasteiger partial charge in [-0.1, -0.05) is 0 Å². The number of aromatic carboxylic acids is 1. The Kier molecular flexibility index (Phi) is 2.21. The van der Waals surface area contributed by atoms with Gasteiger partial charge >= 0.3 is 5.97 Å². The van der Waals surface area contributed by atoms with Crippen LogP contribution in [0.5, 0.6) is 0 Å². The molecule has 19 heavy (non-hydrogen) atoms. The van der Waals surface area contributed by atoms with Gasteiger partial charge in [-0.15, -0.1) is 0 Å². The molecule has 1 aromatic heterocycles. The molecule has 1 atom stereocenters. The topological polar surface area (TPSA) is 59.3 Å². The van der Waals surface area contributed by atoms with Crippen LogP contribution in [0.15, 0.2) is 23.1 Å². The van der Waals surface area contributed by atoms with E-state index in [2.05, 4.69) is 5.11 Å². The van der Waals surface area contributed by atoms with Crippen LogP contribution in [-0.4, -0.2) is 15.6 Å². The maximum absolute atomic E-state index is 13.6. The molecule has 0 saturated carbocycles. The van der Waals surface area contributed by atoms with Crippen molar-refractivity contribution < 1.29 is 14.3 Å². The maximum Gasteiger partial charge on any atom is 0.341 e.